The largest absolute Gasteiger partial charge is 0.444 e. The van der Waals surface area contributed by atoms with Crippen molar-refractivity contribution < 1.29 is 23.7 Å². The van der Waals surface area contributed by atoms with Crippen LogP contribution in [0.25, 0.3) is 0 Å². The van der Waals surface area contributed by atoms with E-state index in [0.717, 1.165) is 6.42 Å². The summed E-state index contributed by atoms with van der Waals surface area (Å²) in [7, 11) is 0. The molecule has 1 rings (SSSR count). The Balaban J connectivity index is 2.47. The molecule has 0 aromatic rings. The van der Waals surface area contributed by atoms with Crippen LogP contribution >= 0.6 is 0 Å². The summed E-state index contributed by atoms with van der Waals surface area (Å²) in [6.07, 6.45) is 0.130. The maximum atomic E-state index is 12.1. The van der Waals surface area contributed by atoms with Gasteiger partial charge in [0.25, 0.3) is 0 Å². The molecular weight excluding hydrogens is 286 g/mol. The summed E-state index contributed by atoms with van der Waals surface area (Å²) >= 11 is 0. The lowest BCUT2D eigenvalue weighted by molar-refractivity contribution is -0.188. The molecule has 1 heterocycles. The molecule has 0 radical (unpaired) electrons. The van der Waals surface area contributed by atoms with E-state index in [1.807, 2.05) is 41.5 Å². The average molecular weight is 317 g/mol. The van der Waals surface area contributed by atoms with Crippen LogP contribution in [0, 0.1) is 0 Å². The number of carbonyl (C=O) groups excluding carboxylic acids is 1. The molecule has 1 fully saturated rings. The summed E-state index contributed by atoms with van der Waals surface area (Å²) in [6, 6.07) is 0. The Morgan fingerprint density at radius 3 is 2.32 bits per heavy atom. The molecule has 6 heteroatoms. The van der Waals surface area contributed by atoms with Crippen LogP contribution in [0.5, 0.6) is 0 Å². The van der Waals surface area contributed by atoms with E-state index in [0.29, 0.717) is 32.9 Å². The third-order valence-corrected chi connectivity index (χ3v) is 3.36. The molecule has 0 N–H and O–H groups in total. The van der Waals surface area contributed by atoms with Gasteiger partial charge >= 0.3 is 6.09 Å². The van der Waals surface area contributed by atoms with Crippen LogP contribution in [0.1, 0.15) is 48.0 Å². The smallest absolute Gasteiger partial charge is 0.410 e. The van der Waals surface area contributed by atoms with Gasteiger partial charge in [-0.2, -0.15) is 0 Å². The molecule has 1 aliphatic heterocycles. The summed E-state index contributed by atoms with van der Waals surface area (Å²) < 4.78 is 22.3. The Bertz CT molecular complexity index is 349. The lowest BCUT2D eigenvalue weighted by atomic mass is 10.1. The summed E-state index contributed by atoms with van der Waals surface area (Å²) in [6.45, 7) is 14.1. The van der Waals surface area contributed by atoms with Crippen LogP contribution in [0.3, 0.4) is 0 Å². The second-order valence-electron chi connectivity index (χ2n) is 6.75. The second-order valence-corrected chi connectivity index (χ2v) is 6.75. The van der Waals surface area contributed by atoms with E-state index in [-0.39, 0.29) is 18.0 Å². The highest BCUT2D eigenvalue weighted by molar-refractivity contribution is 5.68. The summed E-state index contributed by atoms with van der Waals surface area (Å²) in [5.41, 5.74) is -0.866. The number of ether oxygens (including phenoxy) is 4. The Kier molecular flexibility index (Phi) is 7.09. The number of nitrogens with zero attached hydrogens (tertiary/aromatic N) is 1. The van der Waals surface area contributed by atoms with Crippen LogP contribution in [-0.4, -0.2) is 61.4 Å². The second kappa shape index (κ2) is 8.13. The van der Waals surface area contributed by atoms with Gasteiger partial charge < -0.3 is 23.8 Å². The Morgan fingerprint density at radius 1 is 1.23 bits per heavy atom. The molecule has 0 spiro atoms. The van der Waals surface area contributed by atoms with E-state index in [9.17, 15) is 4.79 Å². The van der Waals surface area contributed by atoms with Crippen molar-refractivity contribution in [1.82, 2.24) is 4.90 Å². The van der Waals surface area contributed by atoms with Gasteiger partial charge in [0, 0.05) is 19.8 Å². The van der Waals surface area contributed by atoms with Crippen molar-refractivity contribution in [2.45, 2.75) is 65.5 Å². The predicted molar refractivity (Wildman–Crippen MR) is 83.8 cm³/mol. The Hall–Kier alpha value is -0.850. The fourth-order valence-electron chi connectivity index (χ4n) is 2.32. The van der Waals surface area contributed by atoms with E-state index in [4.69, 9.17) is 18.9 Å². The third-order valence-electron chi connectivity index (χ3n) is 3.36. The molecular formula is C16H31NO5. The Morgan fingerprint density at radius 2 is 1.82 bits per heavy atom. The molecule has 22 heavy (non-hydrogen) atoms. The molecule has 0 aromatic carbocycles. The molecule has 0 bridgehead atoms. The zero-order chi connectivity index (χ0) is 16.8. The SMILES string of the molecule is CCOC(COC1(C)CCN(C(=O)OC(C)(C)C)C1)OCC. The van der Waals surface area contributed by atoms with Gasteiger partial charge in [-0.15, -0.1) is 0 Å². The van der Waals surface area contributed by atoms with Gasteiger partial charge in [0.15, 0.2) is 6.29 Å². The number of carbonyl (C=O) groups is 1. The van der Waals surface area contributed by atoms with Crippen LogP contribution < -0.4 is 0 Å². The molecule has 1 saturated heterocycles. The number of hydrogen-bond acceptors (Lipinski definition) is 5. The molecule has 0 aliphatic carbocycles. The molecule has 0 saturated carbocycles. The molecule has 1 unspecified atom stereocenters. The first-order valence-electron chi connectivity index (χ1n) is 8.04. The van der Waals surface area contributed by atoms with Crippen molar-refractivity contribution in [3.63, 3.8) is 0 Å². The van der Waals surface area contributed by atoms with Crippen molar-refractivity contribution in [1.29, 1.82) is 0 Å². The molecule has 1 atom stereocenters. The highest BCUT2D eigenvalue weighted by Crippen LogP contribution is 2.26. The minimum Gasteiger partial charge on any atom is -0.444 e. The van der Waals surface area contributed by atoms with Gasteiger partial charge in [-0.05, 0) is 48.0 Å². The maximum absolute atomic E-state index is 12.1. The summed E-state index contributed by atoms with van der Waals surface area (Å²) in [5.74, 6) is 0. The first-order chi connectivity index (χ1) is 10.2. The van der Waals surface area contributed by atoms with Crippen LogP contribution in [-0.2, 0) is 18.9 Å². The standard InChI is InChI=1S/C16H31NO5/c1-7-19-13(20-8-2)11-21-16(6)9-10-17(12-16)14(18)22-15(3,4)5/h13H,7-12H2,1-6H3. The lowest BCUT2D eigenvalue weighted by Gasteiger charge is -2.28. The minimum atomic E-state index is -0.480. The highest BCUT2D eigenvalue weighted by Gasteiger charge is 2.39. The monoisotopic (exact) mass is 317 g/mol. The van der Waals surface area contributed by atoms with E-state index >= 15 is 0 Å². The lowest BCUT2D eigenvalue weighted by Crippen LogP contribution is -2.40. The number of rotatable bonds is 7. The zero-order valence-corrected chi connectivity index (χ0v) is 14.8. The van der Waals surface area contributed by atoms with Crippen LogP contribution in [0.15, 0.2) is 0 Å². The first kappa shape index (κ1) is 19.2. The van der Waals surface area contributed by atoms with E-state index in [1.165, 1.54) is 0 Å². The van der Waals surface area contributed by atoms with E-state index in [1.54, 1.807) is 4.90 Å². The van der Waals surface area contributed by atoms with Gasteiger partial charge in [0.2, 0.25) is 0 Å². The van der Waals surface area contributed by atoms with Gasteiger partial charge in [-0.3, -0.25) is 0 Å². The zero-order valence-electron chi connectivity index (χ0n) is 14.8. The fourth-order valence-corrected chi connectivity index (χ4v) is 2.32. The highest BCUT2D eigenvalue weighted by atomic mass is 16.7. The number of hydrogen-bond donors (Lipinski definition) is 0. The van der Waals surface area contributed by atoms with Gasteiger partial charge in [0.05, 0.1) is 18.8 Å². The average Bonchev–Trinajstić information content (AvgIpc) is 2.78. The van der Waals surface area contributed by atoms with Crippen molar-refractivity contribution >= 4 is 6.09 Å². The normalized spacial score (nSPS) is 22.4. The summed E-state index contributed by atoms with van der Waals surface area (Å²) in [4.78, 5) is 13.8. The predicted octanol–water partition coefficient (Wildman–Crippen LogP) is 2.80. The van der Waals surface area contributed by atoms with Gasteiger partial charge in [0.1, 0.15) is 5.60 Å². The molecule has 130 valence electrons. The molecule has 1 amide bonds. The number of likely N-dealkylation sites (tertiary alicyclic amines) is 1. The van der Waals surface area contributed by atoms with Crippen LogP contribution in [0.2, 0.25) is 0 Å². The minimum absolute atomic E-state index is 0.286. The summed E-state index contributed by atoms with van der Waals surface area (Å²) in [5, 5.41) is 0. The quantitative estimate of drug-likeness (QED) is 0.676. The van der Waals surface area contributed by atoms with Crippen molar-refractivity contribution in [2.24, 2.45) is 0 Å². The third kappa shape index (κ3) is 6.50. The molecule has 1 aliphatic rings. The maximum Gasteiger partial charge on any atom is 0.410 e. The van der Waals surface area contributed by atoms with Crippen molar-refractivity contribution in [3.05, 3.63) is 0 Å². The molecule has 0 aromatic heterocycles. The number of amides is 1. The Labute approximate surface area is 134 Å². The first-order valence-corrected chi connectivity index (χ1v) is 8.04. The van der Waals surface area contributed by atoms with Gasteiger partial charge in [-0.1, -0.05) is 0 Å². The fraction of sp³-hybridized carbons (Fsp3) is 0.938. The van der Waals surface area contributed by atoms with E-state index < -0.39 is 5.60 Å². The van der Waals surface area contributed by atoms with Crippen molar-refractivity contribution in [2.75, 3.05) is 32.9 Å². The molecule has 6 nitrogen and oxygen atoms in total. The van der Waals surface area contributed by atoms with E-state index in [2.05, 4.69) is 0 Å². The topological polar surface area (TPSA) is 57.2 Å². The van der Waals surface area contributed by atoms with Gasteiger partial charge in [-0.25, -0.2) is 4.79 Å². The van der Waals surface area contributed by atoms with Crippen molar-refractivity contribution in [3.8, 4) is 0 Å². The van der Waals surface area contributed by atoms with Crippen LogP contribution in [0.4, 0.5) is 4.79 Å².